The summed E-state index contributed by atoms with van der Waals surface area (Å²) in [6.07, 6.45) is 4.48. The van der Waals surface area contributed by atoms with Gasteiger partial charge in [-0.1, -0.05) is 13.8 Å². The molecule has 0 aliphatic carbocycles. The third-order valence-electron chi connectivity index (χ3n) is 4.52. The zero-order chi connectivity index (χ0) is 16.7. The van der Waals surface area contributed by atoms with Crippen molar-refractivity contribution in [1.29, 1.82) is 0 Å². The highest BCUT2D eigenvalue weighted by molar-refractivity contribution is 9.11. The number of halogens is 1. The molecule has 0 aliphatic heterocycles. The number of nitrogens with zero attached hydrogens (tertiary/aromatic N) is 3. The van der Waals surface area contributed by atoms with Crippen molar-refractivity contribution in [2.45, 2.75) is 46.5 Å². The van der Waals surface area contributed by atoms with E-state index in [0.29, 0.717) is 5.92 Å². The molecule has 0 radical (unpaired) electrons. The van der Waals surface area contributed by atoms with E-state index in [1.807, 2.05) is 0 Å². The Kier molecular flexibility index (Phi) is 4.61. The van der Waals surface area contributed by atoms with Gasteiger partial charge in [-0.25, -0.2) is 9.97 Å². The maximum absolute atomic E-state index is 4.98. The molecular formula is C18H22BrN3S. The fourth-order valence-electron chi connectivity index (χ4n) is 3.20. The number of aryl methyl sites for hydroxylation is 3. The second kappa shape index (κ2) is 6.36. The van der Waals surface area contributed by atoms with E-state index in [0.717, 1.165) is 39.2 Å². The molecule has 3 rings (SSSR count). The summed E-state index contributed by atoms with van der Waals surface area (Å²) in [5, 5.41) is 0. The number of aromatic nitrogens is 3. The summed E-state index contributed by atoms with van der Waals surface area (Å²) in [4.78, 5) is 11.1. The Labute approximate surface area is 149 Å². The highest BCUT2D eigenvalue weighted by Gasteiger charge is 2.20. The molecule has 0 unspecified atom stereocenters. The van der Waals surface area contributed by atoms with Gasteiger partial charge in [-0.3, -0.25) is 0 Å². The molecule has 0 spiro atoms. The van der Waals surface area contributed by atoms with Gasteiger partial charge in [-0.15, -0.1) is 11.3 Å². The van der Waals surface area contributed by atoms with Gasteiger partial charge in [-0.2, -0.15) is 0 Å². The van der Waals surface area contributed by atoms with Crippen LogP contribution in [0.1, 0.15) is 49.4 Å². The molecule has 0 amide bonds. The molecule has 3 heterocycles. The lowest BCUT2D eigenvalue weighted by molar-refractivity contribution is 0.643. The van der Waals surface area contributed by atoms with E-state index in [2.05, 4.69) is 67.5 Å². The number of fused-ring (bicyclic) bond motifs is 1. The highest BCUT2D eigenvalue weighted by Crippen LogP contribution is 2.37. The van der Waals surface area contributed by atoms with E-state index >= 15 is 0 Å². The lowest BCUT2D eigenvalue weighted by Gasteiger charge is -2.11. The molecule has 0 saturated heterocycles. The minimum absolute atomic E-state index is 0.552. The van der Waals surface area contributed by atoms with E-state index < -0.39 is 0 Å². The molecule has 0 aromatic carbocycles. The first-order valence-electron chi connectivity index (χ1n) is 8.06. The summed E-state index contributed by atoms with van der Waals surface area (Å²) in [7, 11) is 2.07. The topological polar surface area (TPSA) is 30.7 Å². The largest absolute Gasteiger partial charge is 0.334 e. The Morgan fingerprint density at radius 1 is 1.22 bits per heavy atom. The summed E-state index contributed by atoms with van der Waals surface area (Å²) in [6.45, 7) is 8.68. The van der Waals surface area contributed by atoms with Crippen LogP contribution in [0, 0.1) is 13.8 Å². The lowest BCUT2D eigenvalue weighted by Crippen LogP contribution is -1.98. The third-order valence-corrected chi connectivity index (χ3v) is 6.27. The molecule has 3 aromatic rings. The Hall–Kier alpha value is -1.20. The van der Waals surface area contributed by atoms with Crippen molar-refractivity contribution in [3.8, 4) is 10.6 Å². The second-order valence-corrected chi connectivity index (χ2v) is 8.53. The average Bonchev–Trinajstić information content (AvgIpc) is 3.00. The molecule has 122 valence electrons. The summed E-state index contributed by atoms with van der Waals surface area (Å²) in [6, 6.07) is 2.14. The quantitative estimate of drug-likeness (QED) is 0.547. The lowest BCUT2D eigenvalue weighted by atomic mass is 9.96. The van der Waals surface area contributed by atoms with Crippen molar-refractivity contribution >= 4 is 38.4 Å². The Morgan fingerprint density at radius 2 is 1.91 bits per heavy atom. The van der Waals surface area contributed by atoms with E-state index in [9.17, 15) is 0 Å². The summed E-state index contributed by atoms with van der Waals surface area (Å²) < 4.78 is 3.26. The van der Waals surface area contributed by atoms with Crippen molar-refractivity contribution in [2.75, 3.05) is 0 Å². The van der Waals surface area contributed by atoms with Crippen LogP contribution in [0.5, 0.6) is 0 Å². The average molecular weight is 392 g/mol. The minimum Gasteiger partial charge on any atom is -0.334 e. The third kappa shape index (κ3) is 2.85. The van der Waals surface area contributed by atoms with Crippen molar-refractivity contribution in [2.24, 2.45) is 7.05 Å². The first-order valence-corrected chi connectivity index (χ1v) is 9.67. The van der Waals surface area contributed by atoms with E-state index in [1.165, 1.54) is 16.0 Å². The van der Waals surface area contributed by atoms with E-state index in [4.69, 9.17) is 9.97 Å². The molecule has 0 atom stereocenters. The maximum atomic E-state index is 4.98. The highest BCUT2D eigenvalue weighted by atomic mass is 79.9. The molecule has 5 heteroatoms. The van der Waals surface area contributed by atoms with Crippen LogP contribution in [0.15, 0.2) is 16.0 Å². The molecule has 0 aliphatic rings. The predicted molar refractivity (Wildman–Crippen MR) is 102 cm³/mol. The standard InChI is InChI=1S/C18H22BrN3S/c1-6-12(7-2)13-9-22(5)18-16(13)20-11(4)15(21-18)17-10(3)8-14(19)23-17/h8-9,12H,6-7H2,1-5H3. The summed E-state index contributed by atoms with van der Waals surface area (Å²) >= 11 is 5.30. The van der Waals surface area contributed by atoms with Gasteiger partial charge >= 0.3 is 0 Å². The molecule has 0 bridgehead atoms. The molecule has 0 fully saturated rings. The molecular weight excluding hydrogens is 370 g/mol. The van der Waals surface area contributed by atoms with Gasteiger partial charge < -0.3 is 4.57 Å². The van der Waals surface area contributed by atoms with Crippen LogP contribution in [-0.4, -0.2) is 14.5 Å². The van der Waals surface area contributed by atoms with Crippen molar-refractivity contribution in [3.05, 3.63) is 32.9 Å². The van der Waals surface area contributed by atoms with Crippen LogP contribution < -0.4 is 0 Å². The number of hydrogen-bond acceptors (Lipinski definition) is 3. The minimum atomic E-state index is 0.552. The van der Waals surface area contributed by atoms with Gasteiger partial charge in [-0.05, 0) is 60.2 Å². The van der Waals surface area contributed by atoms with Gasteiger partial charge in [0.1, 0.15) is 11.2 Å². The van der Waals surface area contributed by atoms with Gasteiger partial charge in [0.15, 0.2) is 5.65 Å². The molecule has 3 aromatic heterocycles. The summed E-state index contributed by atoms with van der Waals surface area (Å²) in [5.74, 6) is 0.552. The molecule has 3 nitrogen and oxygen atoms in total. The van der Waals surface area contributed by atoms with Gasteiger partial charge in [0.25, 0.3) is 0 Å². The first-order chi connectivity index (χ1) is 11.0. The predicted octanol–water partition coefficient (Wildman–Crippen LogP) is 5.98. The van der Waals surface area contributed by atoms with Crippen molar-refractivity contribution in [3.63, 3.8) is 0 Å². The number of thiophene rings is 1. The zero-order valence-electron chi connectivity index (χ0n) is 14.3. The molecule has 0 N–H and O–H groups in total. The SMILES string of the molecule is CCC(CC)c1cn(C)c2nc(-c3sc(Br)cc3C)c(C)nc12. The van der Waals surface area contributed by atoms with Gasteiger partial charge in [0.2, 0.25) is 0 Å². The number of rotatable bonds is 4. The Morgan fingerprint density at radius 3 is 2.48 bits per heavy atom. The van der Waals surface area contributed by atoms with Crippen LogP contribution in [0.2, 0.25) is 0 Å². The molecule has 0 saturated carbocycles. The van der Waals surface area contributed by atoms with Crippen molar-refractivity contribution < 1.29 is 0 Å². The van der Waals surface area contributed by atoms with E-state index in [1.54, 1.807) is 11.3 Å². The Bertz CT molecular complexity index is 859. The summed E-state index contributed by atoms with van der Waals surface area (Å²) in [5.41, 5.74) is 6.63. The van der Waals surface area contributed by atoms with Gasteiger partial charge in [0.05, 0.1) is 14.4 Å². The van der Waals surface area contributed by atoms with Gasteiger partial charge in [0, 0.05) is 18.8 Å². The second-order valence-electron chi connectivity index (χ2n) is 6.10. The zero-order valence-corrected chi connectivity index (χ0v) is 16.7. The smallest absolute Gasteiger partial charge is 0.159 e. The van der Waals surface area contributed by atoms with Crippen LogP contribution in [0.4, 0.5) is 0 Å². The fraction of sp³-hybridized carbons (Fsp3) is 0.444. The first kappa shape index (κ1) is 16.7. The van der Waals surface area contributed by atoms with Crippen LogP contribution in [0.3, 0.4) is 0 Å². The van der Waals surface area contributed by atoms with E-state index in [-0.39, 0.29) is 0 Å². The van der Waals surface area contributed by atoms with Crippen molar-refractivity contribution in [1.82, 2.24) is 14.5 Å². The normalized spacial score (nSPS) is 11.8. The fourth-order valence-corrected chi connectivity index (χ4v) is 4.97. The maximum Gasteiger partial charge on any atom is 0.159 e. The van der Waals surface area contributed by atoms with Crippen LogP contribution in [0.25, 0.3) is 21.7 Å². The monoisotopic (exact) mass is 391 g/mol. The van der Waals surface area contributed by atoms with Crippen LogP contribution >= 0.6 is 27.3 Å². The Balaban J connectivity index is 2.23. The molecule has 23 heavy (non-hydrogen) atoms. The van der Waals surface area contributed by atoms with Crippen LogP contribution in [-0.2, 0) is 7.05 Å². The number of hydrogen-bond donors (Lipinski definition) is 0.